The number of benzene rings is 3. The van der Waals surface area contributed by atoms with Crippen molar-refractivity contribution in [1.82, 2.24) is 14.1 Å². The Balaban J connectivity index is 1.41. The smallest absolute Gasteiger partial charge is 0.268 e. The largest absolute Gasteiger partial charge is 0.315 e. The number of carbonyl (C=O) groups is 1. The van der Waals surface area contributed by atoms with Gasteiger partial charge >= 0.3 is 0 Å². The highest BCUT2D eigenvalue weighted by atomic mass is 32.2. The molecule has 3 aromatic heterocycles. The third-order valence-electron chi connectivity index (χ3n) is 7.11. The van der Waals surface area contributed by atoms with Gasteiger partial charge in [-0.25, -0.2) is 9.37 Å². The number of hydrogen-bond donors (Lipinski definition) is 0. The van der Waals surface area contributed by atoms with Crippen molar-refractivity contribution < 1.29 is 9.18 Å². The van der Waals surface area contributed by atoms with Crippen LogP contribution in [0.3, 0.4) is 0 Å². The zero-order chi connectivity index (χ0) is 28.7. The molecule has 6 aromatic rings. The molecule has 41 heavy (non-hydrogen) atoms. The number of ketones is 1. The first-order valence-corrected chi connectivity index (χ1v) is 14.9. The number of carbonyl (C=O) groups excluding carboxylic acids is 1. The van der Waals surface area contributed by atoms with Gasteiger partial charge in [0.2, 0.25) is 0 Å². The third-order valence-corrected chi connectivity index (χ3v) is 9.04. The molecule has 0 spiro atoms. The van der Waals surface area contributed by atoms with E-state index >= 15 is 0 Å². The predicted octanol–water partition coefficient (Wildman–Crippen LogP) is 7.94. The molecule has 0 fully saturated rings. The first kappa shape index (κ1) is 26.9. The molecule has 0 amide bonds. The van der Waals surface area contributed by atoms with E-state index < -0.39 is 0 Å². The van der Waals surface area contributed by atoms with E-state index in [1.165, 1.54) is 29.2 Å². The van der Waals surface area contributed by atoms with Crippen LogP contribution in [0.4, 0.5) is 4.39 Å². The number of thioether (sulfide) groups is 1. The van der Waals surface area contributed by atoms with Crippen molar-refractivity contribution in [2.75, 3.05) is 5.75 Å². The van der Waals surface area contributed by atoms with Gasteiger partial charge in [0.1, 0.15) is 10.6 Å². The molecule has 0 radical (unpaired) electrons. The summed E-state index contributed by atoms with van der Waals surface area (Å²) in [7, 11) is 0. The maximum Gasteiger partial charge on any atom is 0.268 e. The fourth-order valence-electron chi connectivity index (χ4n) is 5.25. The molecule has 0 saturated carbocycles. The first-order valence-electron chi connectivity index (χ1n) is 13.1. The minimum atomic E-state index is -0.354. The van der Waals surface area contributed by atoms with Crippen molar-refractivity contribution in [2.24, 2.45) is 0 Å². The molecule has 0 unspecified atom stereocenters. The lowest BCUT2D eigenvalue weighted by Gasteiger charge is -2.13. The molecule has 6 rings (SSSR count). The monoisotopic (exact) mass is 579 g/mol. The van der Waals surface area contributed by atoms with Crippen molar-refractivity contribution in [3.8, 4) is 22.5 Å². The standard InChI is InChI=1S/C33H26FN3O2S2/c1-20-18-25(21(2)36(20)27-17-11-10-16-26(27)34)28(38)19-40-33-35-31-30(32(39)37(33)24-14-8-5-9-15-24)29(22(3)41-31)23-12-6-4-7-13-23/h4-18H,19H2,1-3H3. The summed E-state index contributed by atoms with van der Waals surface area (Å²) < 4.78 is 17.9. The SMILES string of the molecule is Cc1sc2nc(SCC(=O)c3cc(C)n(-c4ccccc4F)c3C)n(-c3ccccc3)c(=O)c2c1-c1ccccc1. The van der Waals surface area contributed by atoms with Crippen LogP contribution >= 0.6 is 23.1 Å². The highest BCUT2D eigenvalue weighted by Gasteiger charge is 2.23. The highest BCUT2D eigenvalue weighted by molar-refractivity contribution is 7.99. The lowest BCUT2D eigenvalue weighted by atomic mass is 10.0. The number of hydrogen-bond acceptors (Lipinski definition) is 5. The fourth-order valence-corrected chi connectivity index (χ4v) is 7.24. The van der Waals surface area contributed by atoms with Crippen molar-refractivity contribution in [1.29, 1.82) is 0 Å². The molecule has 3 heterocycles. The van der Waals surface area contributed by atoms with Gasteiger partial charge in [0, 0.05) is 27.4 Å². The second-order valence-corrected chi connectivity index (χ2v) is 11.9. The van der Waals surface area contributed by atoms with E-state index in [0.717, 1.165) is 21.7 Å². The second-order valence-electron chi connectivity index (χ2n) is 9.73. The van der Waals surface area contributed by atoms with Crippen molar-refractivity contribution in [2.45, 2.75) is 25.9 Å². The lowest BCUT2D eigenvalue weighted by Crippen LogP contribution is -2.22. The molecular formula is C33H26FN3O2S2. The minimum Gasteiger partial charge on any atom is -0.315 e. The number of nitrogens with zero attached hydrogens (tertiary/aromatic N) is 3. The Morgan fingerprint density at radius 2 is 1.56 bits per heavy atom. The molecule has 0 saturated heterocycles. The number of halogens is 1. The van der Waals surface area contributed by atoms with Crippen LogP contribution < -0.4 is 5.56 Å². The summed E-state index contributed by atoms with van der Waals surface area (Å²) in [5.41, 5.74) is 4.73. The molecule has 3 aromatic carbocycles. The van der Waals surface area contributed by atoms with Crippen LogP contribution in [-0.2, 0) is 0 Å². The normalized spacial score (nSPS) is 11.3. The topological polar surface area (TPSA) is 56.9 Å². The summed E-state index contributed by atoms with van der Waals surface area (Å²) in [4.78, 5) is 34.3. The van der Waals surface area contributed by atoms with E-state index in [1.807, 2.05) is 81.4 Å². The quantitative estimate of drug-likeness (QED) is 0.109. The summed E-state index contributed by atoms with van der Waals surface area (Å²) >= 11 is 2.71. The zero-order valence-electron chi connectivity index (χ0n) is 22.7. The van der Waals surface area contributed by atoms with Crippen LogP contribution in [0.1, 0.15) is 26.6 Å². The molecule has 204 valence electrons. The molecule has 0 bridgehead atoms. The van der Waals surface area contributed by atoms with Gasteiger partial charge in [-0.3, -0.25) is 14.2 Å². The van der Waals surface area contributed by atoms with E-state index in [0.29, 0.717) is 38.0 Å². The molecule has 0 aliphatic heterocycles. The summed E-state index contributed by atoms with van der Waals surface area (Å²) in [5.74, 6) is -0.400. The van der Waals surface area contributed by atoms with Gasteiger partial charge in [-0.1, -0.05) is 72.4 Å². The van der Waals surface area contributed by atoms with Gasteiger partial charge in [-0.05, 0) is 56.7 Å². The summed E-state index contributed by atoms with van der Waals surface area (Å²) in [5, 5.41) is 1.03. The third kappa shape index (κ3) is 4.83. The molecular weight excluding hydrogens is 554 g/mol. The van der Waals surface area contributed by atoms with E-state index in [2.05, 4.69) is 0 Å². The minimum absolute atomic E-state index is 0.0717. The number of fused-ring (bicyclic) bond motifs is 1. The molecule has 0 aliphatic rings. The Morgan fingerprint density at radius 1 is 0.902 bits per heavy atom. The lowest BCUT2D eigenvalue weighted by molar-refractivity contribution is 0.102. The van der Waals surface area contributed by atoms with E-state index in [9.17, 15) is 14.0 Å². The van der Waals surface area contributed by atoms with Crippen molar-refractivity contribution in [3.63, 3.8) is 0 Å². The van der Waals surface area contributed by atoms with Gasteiger partial charge < -0.3 is 4.57 Å². The van der Waals surface area contributed by atoms with E-state index in [4.69, 9.17) is 4.98 Å². The fraction of sp³-hybridized carbons (Fsp3) is 0.121. The Kier molecular flexibility index (Phi) is 7.19. The van der Waals surface area contributed by atoms with Crippen molar-refractivity contribution >= 4 is 39.1 Å². The van der Waals surface area contributed by atoms with Gasteiger partial charge in [-0.2, -0.15) is 0 Å². The number of thiophene rings is 1. The van der Waals surface area contributed by atoms with Crippen LogP contribution in [0, 0.1) is 26.6 Å². The maximum atomic E-state index is 14.6. The number of aromatic nitrogens is 3. The summed E-state index contributed by atoms with van der Waals surface area (Å²) in [6, 6.07) is 27.6. The summed E-state index contributed by atoms with van der Waals surface area (Å²) in [6.45, 7) is 5.68. The number of para-hydroxylation sites is 2. The summed E-state index contributed by atoms with van der Waals surface area (Å²) in [6.07, 6.45) is 0. The van der Waals surface area contributed by atoms with E-state index in [-0.39, 0.29) is 22.9 Å². The molecule has 5 nitrogen and oxygen atoms in total. The van der Waals surface area contributed by atoms with Gasteiger partial charge in [0.25, 0.3) is 5.56 Å². The number of Topliss-reactive ketones (excluding diaryl/α,β-unsaturated/α-hetero) is 1. The maximum absolute atomic E-state index is 14.6. The molecule has 0 atom stereocenters. The average molecular weight is 580 g/mol. The highest BCUT2D eigenvalue weighted by Crippen LogP contribution is 2.37. The van der Waals surface area contributed by atoms with Gasteiger partial charge in [-0.15, -0.1) is 11.3 Å². The van der Waals surface area contributed by atoms with Crippen LogP contribution in [0.2, 0.25) is 0 Å². The van der Waals surface area contributed by atoms with Gasteiger partial charge in [0.15, 0.2) is 10.9 Å². The first-order chi connectivity index (χ1) is 19.8. The Morgan fingerprint density at radius 3 is 2.27 bits per heavy atom. The Hall–Kier alpha value is -4.27. The zero-order valence-corrected chi connectivity index (χ0v) is 24.4. The molecule has 0 aliphatic carbocycles. The predicted molar refractivity (Wildman–Crippen MR) is 166 cm³/mol. The van der Waals surface area contributed by atoms with Crippen molar-refractivity contribution in [3.05, 3.63) is 129 Å². The van der Waals surface area contributed by atoms with Gasteiger partial charge in [0.05, 0.1) is 22.5 Å². The number of rotatable bonds is 7. The second kappa shape index (κ2) is 11.0. The Labute approximate surface area is 244 Å². The molecule has 0 N–H and O–H groups in total. The van der Waals surface area contributed by atoms with E-state index in [1.54, 1.807) is 33.4 Å². The van der Waals surface area contributed by atoms with Crippen LogP contribution in [0.5, 0.6) is 0 Å². The molecule has 8 heteroatoms. The van der Waals surface area contributed by atoms with Crippen LogP contribution in [0.25, 0.3) is 32.7 Å². The van der Waals surface area contributed by atoms with Crippen LogP contribution in [0.15, 0.2) is 101 Å². The Bertz CT molecular complexity index is 1980. The number of aryl methyl sites for hydroxylation is 2. The van der Waals surface area contributed by atoms with Crippen LogP contribution in [-0.4, -0.2) is 25.7 Å². The average Bonchev–Trinajstić information content (AvgIpc) is 3.47.